The fourth-order valence-electron chi connectivity index (χ4n) is 1.74. The molecule has 0 aromatic carbocycles. The minimum atomic E-state index is 0.203. The van der Waals surface area contributed by atoms with Crippen LogP contribution in [-0.2, 0) is 24.4 Å². The van der Waals surface area contributed by atoms with Gasteiger partial charge in [-0.2, -0.15) is 0 Å². The van der Waals surface area contributed by atoms with Crippen molar-refractivity contribution in [3.63, 3.8) is 0 Å². The summed E-state index contributed by atoms with van der Waals surface area (Å²) in [5, 5.41) is 11.5. The summed E-state index contributed by atoms with van der Waals surface area (Å²) in [5.41, 5.74) is 2.97. The SMILES string of the molecule is CCc1cc([O])c2c(n1)CCC2. The maximum Gasteiger partial charge on any atom is 0.185 e. The Morgan fingerprint density at radius 1 is 1.50 bits per heavy atom. The van der Waals surface area contributed by atoms with Crippen LogP contribution < -0.4 is 0 Å². The number of fused-ring (bicyclic) bond motifs is 1. The number of aromatic nitrogens is 1. The summed E-state index contributed by atoms with van der Waals surface area (Å²) >= 11 is 0. The van der Waals surface area contributed by atoms with Gasteiger partial charge in [-0.25, -0.2) is 0 Å². The molecule has 12 heavy (non-hydrogen) atoms. The predicted molar refractivity (Wildman–Crippen MR) is 45.8 cm³/mol. The molecule has 0 N–H and O–H groups in total. The van der Waals surface area contributed by atoms with E-state index in [-0.39, 0.29) is 5.75 Å². The van der Waals surface area contributed by atoms with Gasteiger partial charge >= 0.3 is 0 Å². The van der Waals surface area contributed by atoms with Crippen molar-refractivity contribution in [2.24, 2.45) is 0 Å². The van der Waals surface area contributed by atoms with Crippen molar-refractivity contribution in [3.05, 3.63) is 23.0 Å². The number of aryl methyl sites for hydroxylation is 2. The Balaban J connectivity index is 2.51. The minimum absolute atomic E-state index is 0.203. The Labute approximate surface area is 72.3 Å². The van der Waals surface area contributed by atoms with E-state index in [2.05, 4.69) is 4.98 Å². The first-order valence-electron chi connectivity index (χ1n) is 4.50. The van der Waals surface area contributed by atoms with E-state index in [0.29, 0.717) is 0 Å². The molecule has 2 rings (SSSR count). The molecule has 0 atom stereocenters. The van der Waals surface area contributed by atoms with Crippen LogP contribution in [0, 0.1) is 0 Å². The van der Waals surface area contributed by atoms with Gasteiger partial charge in [-0.15, -0.1) is 0 Å². The zero-order valence-corrected chi connectivity index (χ0v) is 7.26. The van der Waals surface area contributed by atoms with Crippen molar-refractivity contribution < 1.29 is 5.11 Å². The van der Waals surface area contributed by atoms with Crippen LogP contribution in [0.1, 0.15) is 30.3 Å². The first-order chi connectivity index (χ1) is 5.81. The highest BCUT2D eigenvalue weighted by molar-refractivity contribution is 5.39. The van der Waals surface area contributed by atoms with Crippen molar-refractivity contribution in [1.29, 1.82) is 0 Å². The van der Waals surface area contributed by atoms with Crippen LogP contribution in [0.5, 0.6) is 5.75 Å². The van der Waals surface area contributed by atoms with E-state index in [9.17, 15) is 5.11 Å². The molecule has 0 amide bonds. The monoisotopic (exact) mass is 162 g/mol. The molecular weight excluding hydrogens is 150 g/mol. The van der Waals surface area contributed by atoms with Gasteiger partial charge in [0.2, 0.25) is 0 Å². The third-order valence-electron chi connectivity index (χ3n) is 2.42. The van der Waals surface area contributed by atoms with Crippen molar-refractivity contribution in [1.82, 2.24) is 4.98 Å². The van der Waals surface area contributed by atoms with Crippen LogP contribution >= 0.6 is 0 Å². The molecular formula is C10H12NO. The summed E-state index contributed by atoms with van der Waals surface area (Å²) in [5.74, 6) is 0.203. The Morgan fingerprint density at radius 2 is 2.33 bits per heavy atom. The fraction of sp³-hybridized carbons (Fsp3) is 0.500. The van der Waals surface area contributed by atoms with E-state index < -0.39 is 0 Å². The van der Waals surface area contributed by atoms with E-state index in [4.69, 9.17) is 0 Å². The lowest BCUT2D eigenvalue weighted by Gasteiger charge is -2.02. The van der Waals surface area contributed by atoms with Gasteiger partial charge in [0.05, 0.1) is 0 Å². The van der Waals surface area contributed by atoms with Gasteiger partial charge in [-0.1, -0.05) is 6.92 Å². The van der Waals surface area contributed by atoms with Gasteiger partial charge in [-0.05, 0) is 25.7 Å². The maximum atomic E-state index is 11.5. The lowest BCUT2D eigenvalue weighted by atomic mass is 10.1. The summed E-state index contributed by atoms with van der Waals surface area (Å²) in [6, 6.07) is 1.68. The summed E-state index contributed by atoms with van der Waals surface area (Å²) in [4.78, 5) is 4.43. The number of nitrogens with zero attached hydrogens (tertiary/aromatic N) is 1. The van der Waals surface area contributed by atoms with Crippen molar-refractivity contribution in [3.8, 4) is 5.75 Å². The molecule has 1 radical (unpaired) electrons. The van der Waals surface area contributed by atoms with Gasteiger partial charge in [0.1, 0.15) is 0 Å². The zero-order chi connectivity index (χ0) is 8.55. The van der Waals surface area contributed by atoms with Crippen molar-refractivity contribution >= 4 is 0 Å². The third-order valence-corrected chi connectivity index (χ3v) is 2.42. The quantitative estimate of drug-likeness (QED) is 0.623. The molecule has 63 valence electrons. The van der Waals surface area contributed by atoms with Gasteiger partial charge < -0.3 is 0 Å². The van der Waals surface area contributed by atoms with Crippen LogP contribution in [0.25, 0.3) is 0 Å². The molecule has 0 unspecified atom stereocenters. The molecule has 0 bridgehead atoms. The first kappa shape index (κ1) is 7.59. The number of pyridine rings is 1. The van der Waals surface area contributed by atoms with Crippen LogP contribution in [0.15, 0.2) is 6.07 Å². The van der Waals surface area contributed by atoms with Gasteiger partial charge in [0.25, 0.3) is 0 Å². The largest absolute Gasteiger partial charge is 0.290 e. The predicted octanol–water partition coefficient (Wildman–Crippen LogP) is 2.28. The molecule has 0 spiro atoms. The van der Waals surface area contributed by atoms with E-state index in [1.165, 1.54) is 0 Å². The second-order valence-electron chi connectivity index (χ2n) is 3.24. The molecule has 1 aromatic heterocycles. The van der Waals surface area contributed by atoms with Crippen LogP contribution in [0.2, 0.25) is 0 Å². The van der Waals surface area contributed by atoms with E-state index >= 15 is 0 Å². The second kappa shape index (κ2) is 2.77. The highest BCUT2D eigenvalue weighted by atomic mass is 16.3. The Bertz CT molecular complexity index is 307. The molecule has 0 aliphatic heterocycles. The van der Waals surface area contributed by atoms with E-state index in [0.717, 1.165) is 42.6 Å². The summed E-state index contributed by atoms with van der Waals surface area (Å²) in [7, 11) is 0. The number of hydrogen-bond acceptors (Lipinski definition) is 1. The average Bonchev–Trinajstić information content (AvgIpc) is 2.52. The molecule has 1 aromatic rings. The molecule has 2 nitrogen and oxygen atoms in total. The lowest BCUT2D eigenvalue weighted by molar-refractivity contribution is 0.349. The normalized spacial score (nSPS) is 14.8. The maximum absolute atomic E-state index is 11.5. The molecule has 0 fully saturated rings. The molecule has 1 aliphatic carbocycles. The van der Waals surface area contributed by atoms with Crippen LogP contribution in [0.3, 0.4) is 0 Å². The average molecular weight is 162 g/mol. The van der Waals surface area contributed by atoms with Crippen LogP contribution in [-0.4, -0.2) is 4.98 Å². The summed E-state index contributed by atoms with van der Waals surface area (Å²) in [6.07, 6.45) is 3.90. The Kier molecular flexibility index (Phi) is 1.75. The standard InChI is InChI=1S/C10H12NO/c1-2-7-6-10(12)8-4-3-5-9(8)11-7/h6H,2-5H2,1H3. The van der Waals surface area contributed by atoms with Crippen molar-refractivity contribution in [2.45, 2.75) is 32.6 Å². The van der Waals surface area contributed by atoms with Gasteiger partial charge in [0.15, 0.2) is 5.75 Å². The smallest absolute Gasteiger partial charge is 0.185 e. The second-order valence-corrected chi connectivity index (χ2v) is 3.24. The Morgan fingerprint density at radius 3 is 3.08 bits per heavy atom. The lowest BCUT2D eigenvalue weighted by Crippen LogP contribution is -1.93. The highest BCUT2D eigenvalue weighted by Crippen LogP contribution is 2.29. The number of hydrogen-bond donors (Lipinski definition) is 0. The highest BCUT2D eigenvalue weighted by Gasteiger charge is 2.17. The van der Waals surface area contributed by atoms with E-state index in [1.807, 2.05) is 6.92 Å². The first-order valence-corrected chi connectivity index (χ1v) is 4.50. The molecule has 1 heterocycles. The van der Waals surface area contributed by atoms with E-state index in [1.54, 1.807) is 6.07 Å². The molecule has 0 saturated carbocycles. The van der Waals surface area contributed by atoms with Gasteiger partial charge in [0, 0.05) is 23.0 Å². The topological polar surface area (TPSA) is 32.8 Å². The molecule has 2 heteroatoms. The third kappa shape index (κ3) is 1.07. The number of rotatable bonds is 1. The van der Waals surface area contributed by atoms with Crippen LogP contribution in [0.4, 0.5) is 0 Å². The fourth-order valence-corrected chi connectivity index (χ4v) is 1.74. The zero-order valence-electron chi connectivity index (χ0n) is 7.26. The molecule has 0 saturated heterocycles. The Hall–Kier alpha value is -1.05. The summed E-state index contributed by atoms with van der Waals surface area (Å²) in [6.45, 7) is 2.03. The minimum Gasteiger partial charge on any atom is -0.290 e. The summed E-state index contributed by atoms with van der Waals surface area (Å²) < 4.78 is 0. The molecule has 1 aliphatic rings. The van der Waals surface area contributed by atoms with Crippen molar-refractivity contribution in [2.75, 3.05) is 0 Å². The van der Waals surface area contributed by atoms with Gasteiger partial charge in [-0.3, -0.25) is 10.1 Å².